The molecule has 0 fully saturated rings. The number of ether oxygens (including phenoxy) is 1. The fourth-order valence-corrected chi connectivity index (χ4v) is 8.55. The maximum absolute atomic E-state index is 6.75. The minimum atomic E-state index is -0.0764. The van der Waals surface area contributed by atoms with Crippen molar-refractivity contribution in [3.63, 3.8) is 0 Å². The van der Waals surface area contributed by atoms with Crippen molar-refractivity contribution in [3.05, 3.63) is 175 Å². The van der Waals surface area contributed by atoms with Gasteiger partial charge < -0.3 is 19.4 Å². The van der Waals surface area contributed by atoms with Crippen LogP contribution in [0.5, 0.6) is 11.5 Å². The molecule has 7 aromatic rings. The zero-order valence-electron chi connectivity index (χ0n) is 36.8. The molecule has 61 heavy (non-hydrogen) atoms. The van der Waals surface area contributed by atoms with Crippen LogP contribution in [0.25, 0.3) is 22.3 Å². The second kappa shape index (κ2) is 15.7. The van der Waals surface area contributed by atoms with E-state index in [-0.39, 0.29) is 37.3 Å². The van der Waals surface area contributed by atoms with Gasteiger partial charge in [0.05, 0.1) is 5.69 Å². The fraction of sp³-hybridized carbons (Fsp3) is 0.236. The number of hydrogen-bond acceptors (Lipinski definition) is 5. The van der Waals surface area contributed by atoms with E-state index < -0.39 is 0 Å². The van der Waals surface area contributed by atoms with Crippen molar-refractivity contribution in [2.24, 2.45) is 0 Å². The van der Waals surface area contributed by atoms with E-state index in [4.69, 9.17) is 9.72 Å². The standard InChI is InChI=1S/C55H53N4O.Pt/c1-36-30-45(54(5,6)7)52(46(31-36)55(8,9)10)58-35-57(48-24-15-16-25-49(48)58)38-18-17-19-39(33-38)60-40-26-27-44-42-21-12-11-20-41(42)43-22-13-14-23-47(43)59(50(44)34-40)51-32-37(28-29-56-51)53(2,3)4;/h11-32,35H,1-10H3;/q-3;. The van der Waals surface area contributed by atoms with E-state index in [2.05, 4.69) is 212 Å². The molecule has 3 heterocycles. The molecule has 2 aliphatic rings. The van der Waals surface area contributed by atoms with Gasteiger partial charge in [0.15, 0.2) is 0 Å². The Hall–Kier alpha value is -5.64. The summed E-state index contributed by atoms with van der Waals surface area (Å²) in [4.78, 5) is 11.8. The number of benzene rings is 6. The molecule has 5 nitrogen and oxygen atoms in total. The quantitative estimate of drug-likeness (QED) is 0.160. The van der Waals surface area contributed by atoms with Crippen LogP contribution < -0.4 is 19.4 Å². The van der Waals surface area contributed by atoms with Gasteiger partial charge in [0.1, 0.15) is 5.82 Å². The first-order valence-electron chi connectivity index (χ1n) is 21.0. The molecular weight excluding hydrogens is 928 g/mol. The van der Waals surface area contributed by atoms with Gasteiger partial charge >= 0.3 is 0 Å². The molecule has 1 aromatic heterocycles. The van der Waals surface area contributed by atoms with Crippen molar-refractivity contribution in [1.29, 1.82) is 0 Å². The first kappa shape index (κ1) is 42.1. The number of hydrogen-bond donors (Lipinski definition) is 0. The molecule has 0 saturated heterocycles. The van der Waals surface area contributed by atoms with Gasteiger partial charge in [-0.15, -0.1) is 48.3 Å². The third-order valence-electron chi connectivity index (χ3n) is 11.6. The van der Waals surface area contributed by atoms with Crippen LogP contribution >= 0.6 is 0 Å². The molecular formula is C55H53N4OPt-3. The van der Waals surface area contributed by atoms with Gasteiger partial charge in [0, 0.05) is 61.4 Å². The zero-order chi connectivity index (χ0) is 42.1. The topological polar surface area (TPSA) is 31.8 Å². The van der Waals surface area contributed by atoms with Crippen LogP contribution in [0, 0.1) is 25.7 Å². The Labute approximate surface area is 377 Å². The summed E-state index contributed by atoms with van der Waals surface area (Å²) in [6.45, 7) is 25.0. The van der Waals surface area contributed by atoms with Crippen LogP contribution in [0.2, 0.25) is 0 Å². The smallest absolute Gasteiger partial charge is 0.135 e. The van der Waals surface area contributed by atoms with Crippen molar-refractivity contribution in [2.45, 2.75) is 85.5 Å². The van der Waals surface area contributed by atoms with Crippen LogP contribution in [0.4, 0.5) is 39.9 Å². The number of aryl methyl sites for hydroxylation is 1. The van der Waals surface area contributed by atoms with E-state index in [0.717, 1.165) is 56.5 Å². The maximum atomic E-state index is 6.75. The Morgan fingerprint density at radius 2 is 1.11 bits per heavy atom. The Balaban J connectivity index is 0.00000514. The zero-order valence-corrected chi connectivity index (χ0v) is 39.1. The SMILES string of the molecule is Cc1cc(C(C)(C)C)c(N2[CH-]N(c3[c-]c(Oc4[c-]c5c(cc4)-c4ccccc4-c4ccccc4N5c4cc(C(C)(C)C)ccn4)ccc3)c3ccccc32)c(C(C)(C)C)c1.[Pt]. The Bertz CT molecular complexity index is 2730. The summed E-state index contributed by atoms with van der Waals surface area (Å²) in [6, 6.07) is 52.5. The van der Waals surface area contributed by atoms with Crippen molar-refractivity contribution in [2.75, 3.05) is 14.7 Å². The summed E-state index contributed by atoms with van der Waals surface area (Å²) in [6.07, 6.45) is 1.92. The summed E-state index contributed by atoms with van der Waals surface area (Å²) in [7, 11) is 0. The fourth-order valence-electron chi connectivity index (χ4n) is 8.55. The van der Waals surface area contributed by atoms with E-state index in [0.29, 0.717) is 11.5 Å². The summed E-state index contributed by atoms with van der Waals surface area (Å²) in [5.41, 5.74) is 15.6. The molecule has 0 amide bonds. The monoisotopic (exact) mass is 980 g/mol. The van der Waals surface area contributed by atoms with Gasteiger partial charge in [-0.3, -0.25) is 0 Å². The Morgan fingerprint density at radius 3 is 1.75 bits per heavy atom. The molecule has 312 valence electrons. The summed E-state index contributed by atoms with van der Waals surface area (Å²) in [5.74, 6) is 2.02. The molecule has 6 aromatic carbocycles. The first-order valence-corrected chi connectivity index (χ1v) is 21.0. The molecule has 0 N–H and O–H groups in total. The average molecular weight is 981 g/mol. The molecule has 0 unspecified atom stereocenters. The summed E-state index contributed by atoms with van der Waals surface area (Å²) < 4.78 is 6.75. The number of nitrogens with zero attached hydrogens (tertiary/aromatic N) is 4. The van der Waals surface area contributed by atoms with Crippen LogP contribution in [0.15, 0.2) is 134 Å². The number of aromatic nitrogens is 1. The molecule has 0 spiro atoms. The van der Waals surface area contributed by atoms with E-state index in [1.807, 2.05) is 24.4 Å². The molecule has 0 aliphatic carbocycles. The predicted molar refractivity (Wildman–Crippen MR) is 250 cm³/mol. The Kier molecular flexibility index (Phi) is 10.8. The van der Waals surface area contributed by atoms with Gasteiger partial charge in [-0.25, -0.2) is 4.98 Å². The number of rotatable bonds is 5. The number of fused-ring (bicyclic) bond motifs is 6. The minimum absolute atomic E-state index is 0. The van der Waals surface area contributed by atoms with E-state index in [1.54, 1.807) is 0 Å². The first-order chi connectivity index (χ1) is 28.6. The van der Waals surface area contributed by atoms with Crippen LogP contribution in [-0.4, -0.2) is 4.98 Å². The van der Waals surface area contributed by atoms with Crippen LogP contribution in [-0.2, 0) is 37.3 Å². The number of pyridine rings is 1. The molecule has 0 atom stereocenters. The van der Waals surface area contributed by atoms with Crippen molar-refractivity contribution < 1.29 is 25.8 Å². The number of anilines is 7. The average Bonchev–Trinajstić information content (AvgIpc) is 3.54. The number of para-hydroxylation sites is 3. The third-order valence-corrected chi connectivity index (χ3v) is 11.6. The van der Waals surface area contributed by atoms with E-state index >= 15 is 0 Å². The van der Waals surface area contributed by atoms with Gasteiger partial charge in [-0.1, -0.05) is 146 Å². The maximum Gasteiger partial charge on any atom is 0.135 e. The van der Waals surface area contributed by atoms with Gasteiger partial charge in [0.25, 0.3) is 0 Å². The second-order valence-corrected chi connectivity index (χ2v) is 19.2. The molecule has 0 radical (unpaired) electrons. The summed E-state index contributed by atoms with van der Waals surface area (Å²) in [5, 5.41) is 0. The third kappa shape index (κ3) is 7.78. The molecule has 0 saturated carbocycles. The summed E-state index contributed by atoms with van der Waals surface area (Å²) >= 11 is 0. The predicted octanol–water partition coefficient (Wildman–Crippen LogP) is 15.2. The second-order valence-electron chi connectivity index (χ2n) is 19.2. The van der Waals surface area contributed by atoms with Crippen LogP contribution in [0.3, 0.4) is 0 Å². The van der Waals surface area contributed by atoms with Crippen molar-refractivity contribution >= 4 is 39.9 Å². The van der Waals surface area contributed by atoms with Gasteiger partial charge in [0.2, 0.25) is 0 Å². The molecule has 2 aliphatic heterocycles. The molecule has 6 heteroatoms. The largest absolute Gasteiger partial charge is 0.509 e. The van der Waals surface area contributed by atoms with E-state index in [9.17, 15) is 0 Å². The van der Waals surface area contributed by atoms with Crippen LogP contribution in [0.1, 0.15) is 84.6 Å². The minimum Gasteiger partial charge on any atom is -0.509 e. The normalized spacial score (nSPS) is 13.4. The van der Waals surface area contributed by atoms with Gasteiger partial charge in [-0.2, -0.15) is 12.1 Å². The van der Waals surface area contributed by atoms with Gasteiger partial charge in [-0.05, 0) is 75.8 Å². The molecule has 9 rings (SSSR count). The van der Waals surface area contributed by atoms with Crippen molar-refractivity contribution in [3.8, 4) is 33.8 Å². The van der Waals surface area contributed by atoms with E-state index in [1.165, 1.54) is 27.9 Å². The Morgan fingerprint density at radius 1 is 0.541 bits per heavy atom. The van der Waals surface area contributed by atoms with Crippen molar-refractivity contribution in [1.82, 2.24) is 4.98 Å². The molecule has 0 bridgehead atoms.